The van der Waals surface area contributed by atoms with Crippen LogP contribution in [0.2, 0.25) is 0 Å². The number of carbonyl (C=O) groups excluding carboxylic acids is 1. The predicted molar refractivity (Wildman–Crippen MR) is 93.4 cm³/mol. The zero-order valence-corrected chi connectivity index (χ0v) is 14.9. The molecule has 0 spiro atoms. The number of amides is 1. The molecule has 0 unspecified atom stereocenters. The molecule has 0 aromatic carbocycles. The van der Waals surface area contributed by atoms with Crippen molar-refractivity contribution < 1.29 is 14.7 Å². The molecule has 7 heteroatoms. The van der Waals surface area contributed by atoms with Gasteiger partial charge in [-0.1, -0.05) is 6.07 Å². The van der Waals surface area contributed by atoms with Crippen LogP contribution in [-0.4, -0.2) is 40.0 Å². The highest BCUT2D eigenvalue weighted by atomic mass is 32.1. The molecule has 0 radical (unpaired) electrons. The van der Waals surface area contributed by atoms with E-state index in [2.05, 4.69) is 4.98 Å². The second-order valence-corrected chi connectivity index (χ2v) is 8.51. The Labute approximate surface area is 148 Å². The summed E-state index contributed by atoms with van der Waals surface area (Å²) in [5, 5.41) is 12.3. The van der Waals surface area contributed by atoms with Crippen molar-refractivity contribution in [3.8, 4) is 9.88 Å². The molecule has 3 heterocycles. The lowest BCUT2D eigenvalue weighted by Crippen LogP contribution is -2.29. The van der Waals surface area contributed by atoms with Gasteiger partial charge in [0.25, 0.3) is 5.91 Å². The molecule has 2 aromatic rings. The van der Waals surface area contributed by atoms with Crippen LogP contribution in [-0.2, 0) is 4.79 Å². The summed E-state index contributed by atoms with van der Waals surface area (Å²) in [5.41, 5.74) is 0.732. The first-order chi connectivity index (χ1) is 11.5. The minimum atomic E-state index is -0.775. The fourth-order valence-corrected chi connectivity index (χ4v) is 5.33. The Kier molecular flexibility index (Phi) is 3.92. The summed E-state index contributed by atoms with van der Waals surface area (Å²) in [6, 6.07) is 3.97. The summed E-state index contributed by atoms with van der Waals surface area (Å²) in [6.45, 7) is 2.73. The standard InChI is InChI=1S/C17H18N2O3S2/c1-9-14(24-15(18-9)13-3-2-6-23-13)16(20)19-7-11(10-4-5-10)12(8-19)17(21)22/h2-3,6,10-12H,4-5,7-8H2,1H3,(H,21,22)/t11-,12+/m1/s1. The van der Waals surface area contributed by atoms with Gasteiger partial charge in [0.05, 0.1) is 16.5 Å². The highest BCUT2D eigenvalue weighted by molar-refractivity contribution is 7.22. The maximum Gasteiger partial charge on any atom is 0.308 e. The van der Waals surface area contributed by atoms with Crippen molar-refractivity contribution in [3.63, 3.8) is 0 Å². The lowest BCUT2D eigenvalue weighted by Gasteiger charge is -2.15. The van der Waals surface area contributed by atoms with Crippen LogP contribution in [0, 0.1) is 24.7 Å². The quantitative estimate of drug-likeness (QED) is 0.905. The van der Waals surface area contributed by atoms with Gasteiger partial charge in [0, 0.05) is 13.1 Å². The van der Waals surface area contributed by atoms with E-state index < -0.39 is 11.9 Å². The van der Waals surface area contributed by atoms with Crippen LogP contribution in [0.15, 0.2) is 17.5 Å². The first-order valence-electron chi connectivity index (χ1n) is 8.08. The van der Waals surface area contributed by atoms with Gasteiger partial charge in [-0.3, -0.25) is 9.59 Å². The Morgan fingerprint density at radius 1 is 1.33 bits per heavy atom. The van der Waals surface area contributed by atoms with E-state index in [0.717, 1.165) is 28.4 Å². The summed E-state index contributed by atoms with van der Waals surface area (Å²) in [4.78, 5) is 32.4. The summed E-state index contributed by atoms with van der Waals surface area (Å²) in [6.07, 6.45) is 2.19. The van der Waals surface area contributed by atoms with Gasteiger partial charge in [0.15, 0.2) is 0 Å². The molecule has 24 heavy (non-hydrogen) atoms. The molecule has 2 aliphatic rings. The molecule has 2 fully saturated rings. The van der Waals surface area contributed by atoms with Gasteiger partial charge >= 0.3 is 5.97 Å². The highest BCUT2D eigenvalue weighted by Gasteiger charge is 2.47. The van der Waals surface area contributed by atoms with Crippen LogP contribution < -0.4 is 0 Å². The summed E-state index contributed by atoms with van der Waals surface area (Å²) in [5.74, 6) is -0.680. The highest BCUT2D eigenvalue weighted by Crippen LogP contribution is 2.44. The lowest BCUT2D eigenvalue weighted by atomic mass is 9.92. The van der Waals surface area contributed by atoms with Crippen molar-refractivity contribution in [1.29, 1.82) is 0 Å². The third-order valence-electron chi connectivity index (χ3n) is 4.92. The second kappa shape index (κ2) is 5.97. The molecular weight excluding hydrogens is 344 g/mol. The van der Waals surface area contributed by atoms with Gasteiger partial charge in [-0.15, -0.1) is 22.7 Å². The third kappa shape index (κ3) is 2.75. The van der Waals surface area contributed by atoms with Crippen molar-refractivity contribution >= 4 is 34.6 Å². The summed E-state index contributed by atoms with van der Waals surface area (Å²) in [7, 11) is 0. The van der Waals surface area contributed by atoms with E-state index in [4.69, 9.17) is 0 Å². The van der Waals surface area contributed by atoms with E-state index in [0.29, 0.717) is 23.9 Å². The molecule has 2 atom stereocenters. The number of hydrogen-bond acceptors (Lipinski definition) is 5. The number of aliphatic carboxylic acids is 1. The number of carbonyl (C=O) groups is 2. The van der Waals surface area contributed by atoms with E-state index in [9.17, 15) is 14.7 Å². The van der Waals surface area contributed by atoms with Crippen molar-refractivity contribution in [3.05, 3.63) is 28.1 Å². The van der Waals surface area contributed by atoms with Gasteiger partial charge in [0.1, 0.15) is 9.88 Å². The largest absolute Gasteiger partial charge is 0.481 e. The number of rotatable bonds is 4. The Bertz CT molecular complexity index is 780. The van der Waals surface area contributed by atoms with Gasteiger partial charge < -0.3 is 10.0 Å². The number of thiazole rings is 1. The average Bonchev–Trinajstić information content (AvgIpc) is 2.99. The molecule has 1 aliphatic heterocycles. The van der Waals surface area contributed by atoms with Crippen LogP contribution in [0.25, 0.3) is 9.88 Å². The Morgan fingerprint density at radius 2 is 2.12 bits per heavy atom. The molecule has 5 nitrogen and oxygen atoms in total. The normalized spacial score (nSPS) is 23.6. The maximum atomic E-state index is 12.9. The first kappa shape index (κ1) is 15.8. The van der Waals surface area contributed by atoms with E-state index in [-0.39, 0.29) is 11.8 Å². The second-order valence-electron chi connectivity index (χ2n) is 6.57. The summed E-state index contributed by atoms with van der Waals surface area (Å²) >= 11 is 3.01. The van der Waals surface area contributed by atoms with Crippen LogP contribution in [0.1, 0.15) is 28.2 Å². The Balaban J connectivity index is 1.57. The van der Waals surface area contributed by atoms with E-state index in [1.54, 1.807) is 16.2 Å². The van der Waals surface area contributed by atoms with Crippen LogP contribution in [0.5, 0.6) is 0 Å². The SMILES string of the molecule is Cc1nc(-c2cccs2)sc1C(=O)N1C[C@H](C(=O)O)[C@@H](C2CC2)C1. The maximum absolute atomic E-state index is 12.9. The van der Waals surface area contributed by atoms with Gasteiger partial charge in [-0.2, -0.15) is 0 Å². The number of carboxylic acids is 1. The molecule has 4 rings (SSSR count). The number of aromatic nitrogens is 1. The number of hydrogen-bond donors (Lipinski definition) is 1. The zero-order chi connectivity index (χ0) is 16.8. The van der Waals surface area contributed by atoms with Crippen molar-refractivity contribution in [1.82, 2.24) is 9.88 Å². The topological polar surface area (TPSA) is 70.5 Å². The molecule has 126 valence electrons. The molecule has 1 saturated heterocycles. The van der Waals surface area contributed by atoms with E-state index in [1.807, 2.05) is 24.4 Å². The number of aryl methyl sites for hydroxylation is 1. The average molecular weight is 362 g/mol. The number of carboxylic acid groups (broad SMARTS) is 1. The number of thiophene rings is 1. The van der Waals surface area contributed by atoms with Gasteiger partial charge in [-0.05, 0) is 43.0 Å². The lowest BCUT2D eigenvalue weighted by molar-refractivity contribution is -0.142. The Morgan fingerprint density at radius 3 is 2.75 bits per heavy atom. The molecule has 1 saturated carbocycles. The molecule has 1 aliphatic carbocycles. The van der Waals surface area contributed by atoms with Crippen molar-refractivity contribution in [2.45, 2.75) is 19.8 Å². The van der Waals surface area contributed by atoms with Crippen molar-refractivity contribution in [2.75, 3.05) is 13.1 Å². The first-order valence-corrected chi connectivity index (χ1v) is 9.77. The van der Waals surface area contributed by atoms with Gasteiger partial charge in [-0.25, -0.2) is 4.98 Å². The van der Waals surface area contributed by atoms with E-state index >= 15 is 0 Å². The minimum absolute atomic E-state index is 0.0674. The molecule has 1 N–H and O–H groups in total. The zero-order valence-electron chi connectivity index (χ0n) is 13.3. The predicted octanol–water partition coefficient (Wildman–Crippen LogP) is 3.36. The smallest absolute Gasteiger partial charge is 0.308 e. The molecule has 0 bridgehead atoms. The fraction of sp³-hybridized carbons (Fsp3) is 0.471. The van der Waals surface area contributed by atoms with Crippen LogP contribution in [0.4, 0.5) is 0 Å². The summed E-state index contributed by atoms with van der Waals surface area (Å²) < 4.78 is 0. The molecule has 2 aromatic heterocycles. The van der Waals surface area contributed by atoms with Crippen LogP contribution in [0.3, 0.4) is 0 Å². The monoisotopic (exact) mass is 362 g/mol. The molecular formula is C17H18N2O3S2. The van der Waals surface area contributed by atoms with Crippen LogP contribution >= 0.6 is 22.7 Å². The Hall–Kier alpha value is -1.73. The third-order valence-corrected chi connectivity index (χ3v) is 7.10. The number of likely N-dealkylation sites (tertiary alicyclic amines) is 1. The van der Waals surface area contributed by atoms with Crippen molar-refractivity contribution in [2.24, 2.45) is 17.8 Å². The molecule has 1 amide bonds. The van der Waals surface area contributed by atoms with E-state index in [1.165, 1.54) is 11.3 Å². The van der Waals surface area contributed by atoms with Gasteiger partial charge in [0.2, 0.25) is 0 Å². The number of nitrogens with zero attached hydrogens (tertiary/aromatic N) is 2. The minimum Gasteiger partial charge on any atom is -0.481 e. The fourth-order valence-electron chi connectivity index (χ4n) is 3.50.